The fourth-order valence-corrected chi connectivity index (χ4v) is 3.65. The highest BCUT2D eigenvalue weighted by Crippen LogP contribution is 2.49. The maximum absolute atomic E-state index is 13.7. The van der Waals surface area contributed by atoms with E-state index in [4.69, 9.17) is 15.4 Å². The summed E-state index contributed by atoms with van der Waals surface area (Å²) >= 11 is 0. The number of rotatable bonds is 7. The van der Waals surface area contributed by atoms with Crippen molar-refractivity contribution in [1.82, 2.24) is 0 Å². The normalized spacial score (nSPS) is 19.1. The van der Waals surface area contributed by atoms with Gasteiger partial charge in [0.15, 0.2) is 0 Å². The van der Waals surface area contributed by atoms with Crippen LogP contribution in [-0.2, 0) is 20.4 Å². The topological polar surface area (TPSA) is 43.4 Å². The molecule has 2 rings (SSSR count). The molecule has 1 atom stereocenters. The second-order valence-electron chi connectivity index (χ2n) is 4.92. The fraction of sp³-hybridized carbons (Fsp3) is 0.538. The molecule has 1 unspecified atom stereocenters. The first-order valence-corrected chi connectivity index (χ1v) is 8.44. The third-order valence-corrected chi connectivity index (χ3v) is 5.92. The van der Waals surface area contributed by atoms with Gasteiger partial charge in [0.1, 0.15) is 6.17 Å². The lowest BCUT2D eigenvalue weighted by Crippen LogP contribution is -2.25. The lowest BCUT2D eigenvalue weighted by atomic mass is 10.2. The number of hydrogen-bond donors (Lipinski definition) is 0. The van der Waals surface area contributed by atoms with Crippen LogP contribution in [0.5, 0.6) is 0 Å². The molecule has 3 nitrogen and oxygen atoms in total. The van der Waals surface area contributed by atoms with Crippen molar-refractivity contribution in [2.75, 3.05) is 6.61 Å². The molecule has 0 aliphatic heterocycles. The summed E-state index contributed by atoms with van der Waals surface area (Å²) in [7, 11) is 1.64. The molecule has 106 valence electrons. The zero-order valence-electron chi connectivity index (χ0n) is 10.4. The Labute approximate surface area is 117 Å². The lowest BCUT2D eigenvalue weighted by Gasteiger charge is -2.15. The monoisotopic (exact) mass is 306 g/mol. The average molecular weight is 307 g/mol. The molecule has 1 aliphatic rings. The molecule has 0 N–H and O–H groups in total. The number of halogens is 2. The van der Waals surface area contributed by atoms with Gasteiger partial charge in [0, 0.05) is 17.1 Å². The Morgan fingerprint density at radius 1 is 1.32 bits per heavy atom. The molecule has 1 aromatic rings. The maximum atomic E-state index is 13.7. The van der Waals surface area contributed by atoms with Crippen molar-refractivity contribution in [1.29, 1.82) is 0 Å². The second kappa shape index (κ2) is 5.77. The molecule has 0 amide bonds. The Balaban J connectivity index is 1.75. The summed E-state index contributed by atoms with van der Waals surface area (Å²) in [6, 6.07) is 9.43. The fourth-order valence-electron chi connectivity index (χ4n) is 2.03. The first-order chi connectivity index (χ1) is 8.93. The van der Waals surface area contributed by atoms with Gasteiger partial charge < -0.3 is 4.74 Å². The summed E-state index contributed by atoms with van der Waals surface area (Å²) in [5.41, 5.74) is 0.959. The van der Waals surface area contributed by atoms with Crippen LogP contribution in [0, 0.1) is 0 Å². The highest BCUT2D eigenvalue weighted by molar-refractivity contribution is 8.15. The van der Waals surface area contributed by atoms with Crippen molar-refractivity contribution in [3.63, 3.8) is 0 Å². The molecule has 1 saturated carbocycles. The van der Waals surface area contributed by atoms with Gasteiger partial charge in [-0.05, 0) is 18.4 Å². The SMILES string of the molecule is O=S(=O)(Cl)C1(CC(F)COCc2ccccc2)CC1. The summed E-state index contributed by atoms with van der Waals surface area (Å²) in [5.74, 6) is 0. The van der Waals surface area contributed by atoms with Gasteiger partial charge in [-0.15, -0.1) is 0 Å². The van der Waals surface area contributed by atoms with Gasteiger partial charge in [0.25, 0.3) is 0 Å². The molecular formula is C13H16ClFO3S. The van der Waals surface area contributed by atoms with E-state index in [1.165, 1.54) is 0 Å². The third-order valence-electron chi connectivity index (χ3n) is 3.33. The molecule has 0 radical (unpaired) electrons. The van der Waals surface area contributed by atoms with E-state index in [9.17, 15) is 12.8 Å². The van der Waals surface area contributed by atoms with E-state index in [1.807, 2.05) is 30.3 Å². The van der Waals surface area contributed by atoms with Gasteiger partial charge in [-0.25, -0.2) is 12.8 Å². The summed E-state index contributed by atoms with van der Waals surface area (Å²) in [6.45, 7) is 0.213. The van der Waals surface area contributed by atoms with Crippen LogP contribution < -0.4 is 0 Å². The molecule has 0 bridgehead atoms. The van der Waals surface area contributed by atoms with Crippen LogP contribution >= 0.6 is 10.7 Å². The summed E-state index contributed by atoms with van der Waals surface area (Å²) in [4.78, 5) is 0. The predicted molar refractivity (Wildman–Crippen MR) is 72.3 cm³/mol. The second-order valence-corrected chi connectivity index (χ2v) is 7.88. The van der Waals surface area contributed by atoms with Crippen LogP contribution in [0.25, 0.3) is 0 Å². The van der Waals surface area contributed by atoms with Crippen LogP contribution in [0.2, 0.25) is 0 Å². The van der Waals surface area contributed by atoms with Crippen LogP contribution in [0.1, 0.15) is 24.8 Å². The number of hydrogen-bond acceptors (Lipinski definition) is 3. The van der Waals surface area contributed by atoms with Crippen molar-refractivity contribution in [3.8, 4) is 0 Å². The van der Waals surface area contributed by atoms with Crippen molar-refractivity contribution < 1.29 is 17.5 Å². The minimum atomic E-state index is -3.69. The van der Waals surface area contributed by atoms with Gasteiger partial charge in [-0.3, -0.25) is 0 Å². The van der Waals surface area contributed by atoms with Gasteiger partial charge in [-0.1, -0.05) is 30.3 Å². The van der Waals surface area contributed by atoms with E-state index < -0.39 is 20.0 Å². The van der Waals surface area contributed by atoms with Crippen molar-refractivity contribution in [2.45, 2.75) is 36.8 Å². The Hall–Kier alpha value is -0.650. The minimum Gasteiger partial charge on any atom is -0.374 e. The Bertz CT molecular complexity index is 514. The smallest absolute Gasteiger partial charge is 0.238 e. The quantitative estimate of drug-likeness (QED) is 0.727. The molecule has 19 heavy (non-hydrogen) atoms. The summed E-state index contributed by atoms with van der Waals surface area (Å²) < 4.78 is 40.5. The van der Waals surface area contributed by atoms with E-state index >= 15 is 0 Å². The molecule has 1 aliphatic carbocycles. The zero-order valence-corrected chi connectivity index (χ0v) is 12.0. The summed E-state index contributed by atoms with van der Waals surface area (Å²) in [6.07, 6.45) is -0.497. The molecule has 1 fully saturated rings. The van der Waals surface area contributed by atoms with Crippen molar-refractivity contribution in [3.05, 3.63) is 35.9 Å². The van der Waals surface area contributed by atoms with Crippen LogP contribution in [0.15, 0.2) is 30.3 Å². The van der Waals surface area contributed by atoms with Crippen LogP contribution in [0.3, 0.4) is 0 Å². The highest BCUT2D eigenvalue weighted by Gasteiger charge is 2.54. The zero-order chi connectivity index (χ0) is 13.9. The molecule has 0 saturated heterocycles. The maximum Gasteiger partial charge on any atom is 0.238 e. The standard InChI is InChI=1S/C13H16ClFO3S/c14-19(16,17)13(6-7-13)8-12(15)10-18-9-11-4-2-1-3-5-11/h1-5,12H,6-10H2. The molecule has 1 aromatic carbocycles. The van der Waals surface area contributed by atoms with Crippen LogP contribution in [0.4, 0.5) is 4.39 Å². The number of alkyl halides is 1. The van der Waals surface area contributed by atoms with E-state index in [2.05, 4.69) is 0 Å². The van der Waals surface area contributed by atoms with E-state index in [-0.39, 0.29) is 13.0 Å². The first-order valence-electron chi connectivity index (χ1n) is 6.13. The Morgan fingerprint density at radius 2 is 1.95 bits per heavy atom. The van der Waals surface area contributed by atoms with Crippen molar-refractivity contribution >= 4 is 19.7 Å². The van der Waals surface area contributed by atoms with E-state index in [0.717, 1.165) is 5.56 Å². The predicted octanol–water partition coefficient (Wildman–Crippen LogP) is 3.03. The van der Waals surface area contributed by atoms with Gasteiger partial charge in [-0.2, -0.15) is 0 Å². The van der Waals surface area contributed by atoms with E-state index in [1.54, 1.807) is 0 Å². The number of benzene rings is 1. The lowest BCUT2D eigenvalue weighted by molar-refractivity contribution is 0.0654. The minimum absolute atomic E-state index is 0.0758. The van der Waals surface area contributed by atoms with Gasteiger partial charge in [0.05, 0.1) is 18.0 Å². The van der Waals surface area contributed by atoms with Gasteiger partial charge >= 0.3 is 0 Å². The number of ether oxygens (including phenoxy) is 1. The first kappa shape index (κ1) is 14.8. The Morgan fingerprint density at radius 3 is 2.47 bits per heavy atom. The molecule has 0 spiro atoms. The summed E-state index contributed by atoms with van der Waals surface area (Å²) in [5, 5.41) is 0. The molecule has 6 heteroatoms. The van der Waals surface area contributed by atoms with E-state index in [0.29, 0.717) is 19.4 Å². The van der Waals surface area contributed by atoms with Crippen LogP contribution in [-0.4, -0.2) is 25.9 Å². The van der Waals surface area contributed by atoms with Gasteiger partial charge in [0.2, 0.25) is 9.05 Å². The Kier molecular flexibility index (Phi) is 4.48. The largest absolute Gasteiger partial charge is 0.374 e. The molecular weight excluding hydrogens is 291 g/mol. The van der Waals surface area contributed by atoms with Crippen molar-refractivity contribution in [2.24, 2.45) is 0 Å². The molecule has 0 aromatic heterocycles. The third kappa shape index (κ3) is 3.91. The average Bonchev–Trinajstić information content (AvgIpc) is 3.11. The molecule has 0 heterocycles. The highest BCUT2D eigenvalue weighted by atomic mass is 35.7.